The Morgan fingerprint density at radius 3 is 0.724 bits per heavy atom. The first-order chi connectivity index (χ1) is 28.8. The predicted molar refractivity (Wildman–Crippen MR) is 226 cm³/mol. The second-order valence-corrected chi connectivity index (χ2v) is 13.9. The van der Waals surface area contributed by atoms with Gasteiger partial charge in [0.25, 0.3) is 0 Å². The van der Waals surface area contributed by atoms with Gasteiger partial charge in [0.15, 0.2) is 0 Å². The Kier molecular flexibility index (Phi) is 53.1. The Morgan fingerprint density at radius 1 is 0.241 bits per heavy atom. The topological polar surface area (TPSA) is 137 Å². The number of ether oxygens (including phenoxy) is 13. The van der Waals surface area contributed by atoms with E-state index in [4.69, 9.17) is 61.6 Å². The van der Waals surface area contributed by atoms with E-state index in [0.717, 1.165) is 38.7 Å². The van der Waals surface area contributed by atoms with E-state index in [1.807, 2.05) is 0 Å². The van der Waals surface area contributed by atoms with Crippen LogP contribution in [-0.2, 0) is 66.4 Å². The molecule has 0 N–H and O–H groups in total. The smallest absolute Gasteiger partial charge is 0.305 e. The van der Waals surface area contributed by atoms with Crippen LogP contribution < -0.4 is 0 Å². The summed E-state index contributed by atoms with van der Waals surface area (Å²) in [4.78, 5) is 11.6. The molecule has 0 aliphatic heterocycles. The minimum absolute atomic E-state index is 0.152. The van der Waals surface area contributed by atoms with Gasteiger partial charge in [-0.15, -0.1) is 0 Å². The summed E-state index contributed by atoms with van der Waals surface area (Å²) in [5.74, 6) is -0.152. The third-order valence-electron chi connectivity index (χ3n) is 8.71. The maximum atomic E-state index is 11.6. The molecule has 0 bridgehead atoms. The van der Waals surface area contributed by atoms with Crippen molar-refractivity contribution in [2.75, 3.05) is 165 Å². The van der Waals surface area contributed by atoms with Crippen molar-refractivity contribution in [1.82, 2.24) is 0 Å². The van der Waals surface area contributed by atoms with Gasteiger partial charge in [0, 0.05) is 13.0 Å². The van der Waals surface area contributed by atoms with E-state index < -0.39 is 0 Å². The second kappa shape index (κ2) is 54.0. The van der Waals surface area contributed by atoms with Crippen LogP contribution >= 0.6 is 0 Å². The van der Waals surface area contributed by atoms with Gasteiger partial charge in [0.05, 0.1) is 152 Å². The van der Waals surface area contributed by atoms with Crippen LogP contribution in [0.4, 0.5) is 0 Å². The summed E-state index contributed by atoms with van der Waals surface area (Å²) < 4.78 is 71.3. The first-order valence-electron chi connectivity index (χ1n) is 22.9. The molecule has 0 saturated carbocycles. The number of rotatable bonds is 53. The Labute approximate surface area is 353 Å². The van der Waals surface area contributed by atoms with E-state index in [0.29, 0.717) is 158 Å². The van der Waals surface area contributed by atoms with Crippen LogP contribution in [-0.4, -0.2) is 171 Å². The molecule has 0 aliphatic rings. The van der Waals surface area contributed by atoms with Gasteiger partial charge in [-0.05, 0) is 12.8 Å². The fourth-order valence-corrected chi connectivity index (χ4v) is 5.37. The molecule has 58 heavy (non-hydrogen) atoms. The van der Waals surface area contributed by atoms with Crippen molar-refractivity contribution < 1.29 is 66.4 Å². The van der Waals surface area contributed by atoms with E-state index in [-0.39, 0.29) is 12.6 Å². The monoisotopic (exact) mass is 841 g/mol. The van der Waals surface area contributed by atoms with Gasteiger partial charge in [-0.25, -0.2) is 0 Å². The fraction of sp³-hybridized carbons (Fsp3) is 0.977. The molecule has 0 fully saturated rings. The van der Waals surface area contributed by atoms with Crippen molar-refractivity contribution in [1.29, 1.82) is 0 Å². The van der Waals surface area contributed by atoms with Crippen molar-refractivity contribution in [2.24, 2.45) is 0 Å². The molecule has 348 valence electrons. The predicted octanol–water partition coefficient (Wildman–Crippen LogP) is 7.01. The lowest BCUT2D eigenvalue weighted by atomic mass is 10.1. The maximum Gasteiger partial charge on any atom is 0.305 e. The highest BCUT2D eigenvalue weighted by molar-refractivity contribution is 5.69. The van der Waals surface area contributed by atoms with Gasteiger partial charge < -0.3 is 61.6 Å². The van der Waals surface area contributed by atoms with E-state index in [1.54, 1.807) is 0 Å². The molecule has 0 aromatic carbocycles. The highest BCUT2D eigenvalue weighted by atomic mass is 16.6. The summed E-state index contributed by atoms with van der Waals surface area (Å²) in [5.41, 5.74) is 0. The standard InChI is InChI=1S/C44H88O14/c1-3-5-7-9-10-11-12-13-14-15-17-19-46-20-21-47-22-23-48-24-25-49-26-27-50-28-29-51-30-31-52-32-33-53-34-35-54-36-37-55-38-39-56-40-41-57-42-43-58-44(45)18-16-8-6-4-2/h3-43H2,1-2H3. The van der Waals surface area contributed by atoms with Crippen LogP contribution in [0.25, 0.3) is 0 Å². The average Bonchev–Trinajstić information content (AvgIpc) is 3.23. The largest absolute Gasteiger partial charge is 0.463 e. The highest BCUT2D eigenvalue weighted by Gasteiger charge is 2.02. The minimum atomic E-state index is -0.152. The van der Waals surface area contributed by atoms with E-state index in [9.17, 15) is 4.79 Å². The zero-order valence-electron chi connectivity index (χ0n) is 37.2. The van der Waals surface area contributed by atoms with Crippen molar-refractivity contribution in [2.45, 2.75) is 117 Å². The van der Waals surface area contributed by atoms with Crippen molar-refractivity contribution in [3.8, 4) is 0 Å². The summed E-state index contributed by atoms with van der Waals surface area (Å²) in [6.45, 7) is 17.3. The third kappa shape index (κ3) is 53.0. The molecular formula is C44H88O14. The van der Waals surface area contributed by atoms with E-state index in [2.05, 4.69) is 13.8 Å². The van der Waals surface area contributed by atoms with Gasteiger partial charge in [0.2, 0.25) is 0 Å². The van der Waals surface area contributed by atoms with E-state index in [1.165, 1.54) is 64.2 Å². The molecule has 0 aliphatic carbocycles. The van der Waals surface area contributed by atoms with Crippen molar-refractivity contribution >= 4 is 5.97 Å². The van der Waals surface area contributed by atoms with Crippen LogP contribution in [0.1, 0.15) is 117 Å². The number of carbonyl (C=O) groups excluding carboxylic acids is 1. The summed E-state index contributed by atoms with van der Waals surface area (Å²) in [7, 11) is 0. The molecular weight excluding hydrogens is 752 g/mol. The molecule has 0 heterocycles. The number of carbonyl (C=O) groups is 1. The Morgan fingerprint density at radius 2 is 0.448 bits per heavy atom. The van der Waals surface area contributed by atoms with Crippen molar-refractivity contribution in [3.63, 3.8) is 0 Å². The van der Waals surface area contributed by atoms with Gasteiger partial charge in [-0.1, -0.05) is 97.3 Å². The molecule has 0 radical (unpaired) electrons. The Balaban J connectivity index is 3.08. The molecule has 0 aromatic rings. The second-order valence-electron chi connectivity index (χ2n) is 13.9. The normalized spacial score (nSPS) is 11.6. The van der Waals surface area contributed by atoms with Crippen LogP contribution in [0.3, 0.4) is 0 Å². The summed E-state index contributed by atoms with van der Waals surface area (Å²) >= 11 is 0. The zero-order valence-corrected chi connectivity index (χ0v) is 37.2. The molecule has 0 amide bonds. The van der Waals surface area contributed by atoms with Crippen molar-refractivity contribution in [3.05, 3.63) is 0 Å². The van der Waals surface area contributed by atoms with Gasteiger partial charge in [-0.2, -0.15) is 0 Å². The number of hydrogen-bond acceptors (Lipinski definition) is 14. The molecule has 14 nitrogen and oxygen atoms in total. The first-order valence-corrected chi connectivity index (χ1v) is 22.9. The van der Waals surface area contributed by atoms with Gasteiger partial charge in [0.1, 0.15) is 6.61 Å². The molecule has 14 heteroatoms. The molecule has 0 unspecified atom stereocenters. The minimum Gasteiger partial charge on any atom is -0.463 e. The quantitative estimate of drug-likeness (QED) is 0.0459. The third-order valence-corrected chi connectivity index (χ3v) is 8.71. The maximum absolute atomic E-state index is 11.6. The molecule has 0 aromatic heterocycles. The molecule has 0 atom stereocenters. The summed E-state index contributed by atoms with van der Waals surface area (Å²) in [5, 5.41) is 0. The number of unbranched alkanes of at least 4 members (excludes halogenated alkanes) is 13. The average molecular weight is 841 g/mol. The van der Waals surface area contributed by atoms with Crippen LogP contribution in [0.5, 0.6) is 0 Å². The molecule has 0 spiro atoms. The number of hydrogen-bond donors (Lipinski definition) is 0. The fourth-order valence-electron chi connectivity index (χ4n) is 5.37. The Bertz CT molecular complexity index is 751. The SMILES string of the molecule is CCCCCCCCCCCCCOCCOCCOCCOCCOCCOCCOCCOCCOCCOCCOCCOCCOC(=O)CCCCCC. The van der Waals surface area contributed by atoms with Crippen LogP contribution in [0.15, 0.2) is 0 Å². The lowest BCUT2D eigenvalue weighted by molar-refractivity contribution is -0.145. The summed E-state index contributed by atoms with van der Waals surface area (Å²) in [6, 6.07) is 0. The summed E-state index contributed by atoms with van der Waals surface area (Å²) in [6.07, 6.45) is 19.6. The zero-order chi connectivity index (χ0) is 41.8. The molecule has 0 rings (SSSR count). The van der Waals surface area contributed by atoms with Crippen LogP contribution in [0, 0.1) is 0 Å². The van der Waals surface area contributed by atoms with Crippen LogP contribution in [0.2, 0.25) is 0 Å². The number of esters is 1. The van der Waals surface area contributed by atoms with Gasteiger partial charge in [-0.3, -0.25) is 4.79 Å². The van der Waals surface area contributed by atoms with E-state index >= 15 is 0 Å². The lowest BCUT2D eigenvalue weighted by Crippen LogP contribution is -2.15. The van der Waals surface area contributed by atoms with Gasteiger partial charge >= 0.3 is 5.97 Å². The lowest BCUT2D eigenvalue weighted by Gasteiger charge is -2.09. The Hall–Kier alpha value is -1.01. The first kappa shape index (κ1) is 57.0. The molecule has 0 saturated heterocycles. The highest BCUT2D eigenvalue weighted by Crippen LogP contribution is 2.11.